The first-order valence-corrected chi connectivity index (χ1v) is 8.40. The summed E-state index contributed by atoms with van der Waals surface area (Å²) in [5.41, 5.74) is 6.60. The minimum atomic E-state index is -0.468. The lowest BCUT2D eigenvalue weighted by atomic mass is 9.78. The number of carbonyl (C=O) groups excluding carboxylic acids is 1. The van der Waals surface area contributed by atoms with Gasteiger partial charge in [0, 0.05) is 38.3 Å². The highest BCUT2D eigenvalue weighted by Gasteiger charge is 2.45. The summed E-state index contributed by atoms with van der Waals surface area (Å²) in [5, 5.41) is 0. The number of rotatable bonds is 3. The van der Waals surface area contributed by atoms with Crippen LogP contribution in [0.5, 0.6) is 0 Å². The van der Waals surface area contributed by atoms with E-state index in [0.717, 1.165) is 12.0 Å². The third kappa shape index (κ3) is 3.58. The number of hydrogen-bond acceptors (Lipinski definition) is 3. The van der Waals surface area contributed by atoms with E-state index in [-0.39, 0.29) is 36.1 Å². The van der Waals surface area contributed by atoms with Crippen LogP contribution in [0.2, 0.25) is 0 Å². The quantitative estimate of drug-likeness (QED) is 0.906. The fourth-order valence-corrected chi connectivity index (χ4v) is 3.86. The Hall–Kier alpha value is -1.17. The molecule has 24 heavy (non-hydrogen) atoms. The molecule has 6 heteroatoms. The predicted molar refractivity (Wildman–Crippen MR) is 93.7 cm³/mol. The van der Waals surface area contributed by atoms with Crippen LogP contribution in [0, 0.1) is 11.2 Å². The summed E-state index contributed by atoms with van der Waals surface area (Å²) in [6, 6.07) is 6.82. The van der Waals surface area contributed by atoms with E-state index in [1.54, 1.807) is 0 Å². The molecule has 3 rings (SSSR count). The Labute approximate surface area is 148 Å². The number of benzene rings is 1. The molecule has 2 unspecified atom stereocenters. The van der Waals surface area contributed by atoms with Crippen LogP contribution in [0.1, 0.15) is 37.7 Å². The largest absolute Gasteiger partial charge is 0.381 e. The van der Waals surface area contributed by atoms with Gasteiger partial charge in [-0.05, 0) is 43.9 Å². The first-order chi connectivity index (χ1) is 11.1. The molecule has 4 nitrogen and oxygen atoms in total. The lowest BCUT2D eigenvalue weighted by molar-refractivity contribution is -0.147. The normalized spacial score (nSPS) is 26.0. The first-order valence-electron chi connectivity index (χ1n) is 8.40. The monoisotopic (exact) mass is 356 g/mol. The van der Waals surface area contributed by atoms with Crippen LogP contribution in [0.15, 0.2) is 24.3 Å². The fraction of sp³-hybridized carbons (Fsp3) is 0.611. The van der Waals surface area contributed by atoms with Crippen LogP contribution in [0.25, 0.3) is 0 Å². The van der Waals surface area contributed by atoms with Gasteiger partial charge in [-0.15, -0.1) is 12.4 Å². The van der Waals surface area contributed by atoms with Gasteiger partial charge in [0.1, 0.15) is 5.82 Å². The molecule has 2 aliphatic heterocycles. The number of nitrogens with zero attached hydrogens (tertiary/aromatic N) is 1. The molecule has 2 atom stereocenters. The lowest BCUT2D eigenvalue weighted by Gasteiger charge is -2.39. The minimum absolute atomic E-state index is 0. The van der Waals surface area contributed by atoms with Crippen molar-refractivity contribution in [2.75, 3.05) is 26.3 Å². The highest BCUT2D eigenvalue weighted by atomic mass is 35.5. The molecule has 0 aromatic heterocycles. The van der Waals surface area contributed by atoms with E-state index in [1.807, 2.05) is 17.0 Å². The number of halogens is 2. The SMILES string of the molecule is CC1CC(c2ccc(F)cc2)CN1C(=O)C1(CN)CCOCC1.Cl. The summed E-state index contributed by atoms with van der Waals surface area (Å²) in [6.45, 7) is 4.36. The van der Waals surface area contributed by atoms with Crippen molar-refractivity contribution in [1.82, 2.24) is 4.90 Å². The molecule has 0 spiro atoms. The smallest absolute Gasteiger partial charge is 0.230 e. The average molecular weight is 357 g/mol. The number of amides is 1. The number of ether oxygens (including phenoxy) is 1. The first kappa shape index (κ1) is 19.2. The van der Waals surface area contributed by atoms with E-state index in [1.165, 1.54) is 12.1 Å². The van der Waals surface area contributed by atoms with E-state index in [0.29, 0.717) is 39.1 Å². The van der Waals surface area contributed by atoms with Crippen molar-refractivity contribution < 1.29 is 13.9 Å². The Morgan fingerprint density at radius 1 is 1.33 bits per heavy atom. The topological polar surface area (TPSA) is 55.6 Å². The van der Waals surface area contributed by atoms with Crippen molar-refractivity contribution in [3.05, 3.63) is 35.6 Å². The molecular formula is C18H26ClFN2O2. The van der Waals surface area contributed by atoms with Crippen molar-refractivity contribution in [3.63, 3.8) is 0 Å². The summed E-state index contributed by atoms with van der Waals surface area (Å²) >= 11 is 0. The van der Waals surface area contributed by atoms with E-state index < -0.39 is 5.41 Å². The van der Waals surface area contributed by atoms with Crippen LogP contribution in [0.3, 0.4) is 0 Å². The van der Waals surface area contributed by atoms with E-state index in [9.17, 15) is 9.18 Å². The molecule has 0 bridgehead atoms. The molecular weight excluding hydrogens is 331 g/mol. The van der Waals surface area contributed by atoms with Crippen LogP contribution < -0.4 is 5.73 Å². The van der Waals surface area contributed by atoms with Gasteiger partial charge in [-0.1, -0.05) is 12.1 Å². The number of likely N-dealkylation sites (tertiary alicyclic amines) is 1. The van der Waals surface area contributed by atoms with E-state index in [2.05, 4.69) is 6.92 Å². The van der Waals surface area contributed by atoms with Gasteiger partial charge in [-0.25, -0.2) is 4.39 Å². The maximum Gasteiger partial charge on any atom is 0.230 e. The standard InChI is InChI=1S/C18H25FN2O2.ClH/c1-13-10-15(14-2-4-16(19)5-3-14)11-21(13)17(22)18(12-20)6-8-23-9-7-18;/h2-5,13,15H,6-12,20H2,1H3;1H. The zero-order valence-electron chi connectivity index (χ0n) is 14.0. The second-order valence-corrected chi connectivity index (χ2v) is 6.89. The summed E-state index contributed by atoms with van der Waals surface area (Å²) in [6.07, 6.45) is 2.31. The summed E-state index contributed by atoms with van der Waals surface area (Å²) in [4.78, 5) is 15.1. The van der Waals surface area contributed by atoms with Crippen molar-refractivity contribution in [1.29, 1.82) is 0 Å². The van der Waals surface area contributed by atoms with Gasteiger partial charge in [-0.3, -0.25) is 4.79 Å². The van der Waals surface area contributed by atoms with Crippen molar-refractivity contribution >= 4 is 18.3 Å². The van der Waals surface area contributed by atoms with Crippen LogP contribution in [-0.4, -0.2) is 43.2 Å². The summed E-state index contributed by atoms with van der Waals surface area (Å²) < 4.78 is 18.5. The molecule has 2 aliphatic rings. The van der Waals surface area contributed by atoms with Crippen molar-refractivity contribution in [2.24, 2.45) is 11.1 Å². The van der Waals surface area contributed by atoms with E-state index >= 15 is 0 Å². The molecule has 134 valence electrons. The Morgan fingerprint density at radius 3 is 2.54 bits per heavy atom. The molecule has 0 aliphatic carbocycles. The molecule has 2 fully saturated rings. The average Bonchev–Trinajstić information content (AvgIpc) is 2.97. The van der Waals surface area contributed by atoms with Gasteiger partial charge in [0.15, 0.2) is 0 Å². The Morgan fingerprint density at radius 2 is 1.96 bits per heavy atom. The van der Waals surface area contributed by atoms with E-state index in [4.69, 9.17) is 10.5 Å². The maximum absolute atomic E-state index is 13.1. The molecule has 2 N–H and O–H groups in total. The van der Waals surface area contributed by atoms with Gasteiger partial charge in [0.2, 0.25) is 5.91 Å². The summed E-state index contributed by atoms with van der Waals surface area (Å²) in [7, 11) is 0. The predicted octanol–water partition coefficient (Wildman–Crippen LogP) is 2.71. The van der Waals surface area contributed by atoms with Gasteiger partial charge < -0.3 is 15.4 Å². The highest BCUT2D eigenvalue weighted by molar-refractivity contribution is 5.85. The third-order valence-electron chi connectivity index (χ3n) is 5.47. The van der Waals surface area contributed by atoms with Gasteiger partial charge >= 0.3 is 0 Å². The maximum atomic E-state index is 13.1. The lowest BCUT2D eigenvalue weighted by Crippen LogP contribution is -2.51. The Bertz CT molecular complexity index is 561. The van der Waals surface area contributed by atoms with Crippen LogP contribution in [-0.2, 0) is 9.53 Å². The Balaban J connectivity index is 0.00000208. The molecule has 2 heterocycles. The fourth-order valence-electron chi connectivity index (χ4n) is 3.86. The second kappa shape index (κ2) is 7.81. The molecule has 1 aromatic rings. The van der Waals surface area contributed by atoms with Crippen LogP contribution >= 0.6 is 12.4 Å². The third-order valence-corrected chi connectivity index (χ3v) is 5.47. The molecule has 2 saturated heterocycles. The molecule has 0 radical (unpaired) electrons. The highest BCUT2D eigenvalue weighted by Crippen LogP contribution is 2.38. The number of nitrogens with two attached hydrogens (primary N) is 1. The van der Waals surface area contributed by atoms with Crippen molar-refractivity contribution in [3.8, 4) is 0 Å². The molecule has 1 aromatic carbocycles. The summed E-state index contributed by atoms with van der Waals surface area (Å²) in [5.74, 6) is 0.210. The van der Waals surface area contributed by atoms with Gasteiger partial charge in [-0.2, -0.15) is 0 Å². The van der Waals surface area contributed by atoms with Crippen molar-refractivity contribution in [2.45, 2.75) is 38.1 Å². The molecule has 1 amide bonds. The minimum Gasteiger partial charge on any atom is -0.381 e. The van der Waals surface area contributed by atoms with Gasteiger partial charge in [0.05, 0.1) is 5.41 Å². The zero-order valence-corrected chi connectivity index (χ0v) is 14.9. The zero-order chi connectivity index (χ0) is 16.4. The number of hydrogen-bond donors (Lipinski definition) is 1. The second-order valence-electron chi connectivity index (χ2n) is 6.89. The molecule has 0 saturated carbocycles. The van der Waals surface area contributed by atoms with Crippen LogP contribution in [0.4, 0.5) is 4.39 Å². The van der Waals surface area contributed by atoms with Gasteiger partial charge in [0.25, 0.3) is 0 Å². The Kier molecular flexibility index (Phi) is 6.23. The number of carbonyl (C=O) groups is 1.